The zero-order valence-electron chi connectivity index (χ0n) is 10.1. The summed E-state index contributed by atoms with van der Waals surface area (Å²) in [5.74, 6) is 0. The zero-order valence-corrected chi connectivity index (χ0v) is 10.1. The van der Waals surface area contributed by atoms with Gasteiger partial charge in [0.25, 0.3) is 0 Å². The zero-order chi connectivity index (χ0) is 11.4. The SMILES string of the molecule is CNc1cncc(N2CCCN(C)CC2)c1. The van der Waals surface area contributed by atoms with Crippen LogP contribution in [0.5, 0.6) is 0 Å². The maximum Gasteiger partial charge on any atom is 0.0573 e. The Morgan fingerprint density at radius 3 is 2.88 bits per heavy atom. The van der Waals surface area contributed by atoms with Crippen LogP contribution in [0.1, 0.15) is 6.42 Å². The van der Waals surface area contributed by atoms with Gasteiger partial charge in [0.2, 0.25) is 0 Å². The van der Waals surface area contributed by atoms with Crippen molar-refractivity contribution in [2.75, 3.05) is 50.5 Å². The van der Waals surface area contributed by atoms with Gasteiger partial charge in [-0.25, -0.2) is 0 Å². The van der Waals surface area contributed by atoms with Gasteiger partial charge < -0.3 is 15.1 Å². The fourth-order valence-corrected chi connectivity index (χ4v) is 2.04. The summed E-state index contributed by atoms with van der Waals surface area (Å²) in [4.78, 5) is 9.06. The number of anilines is 2. The fourth-order valence-electron chi connectivity index (χ4n) is 2.04. The molecule has 1 saturated heterocycles. The molecule has 0 bridgehead atoms. The van der Waals surface area contributed by atoms with E-state index in [-0.39, 0.29) is 0 Å². The molecule has 0 aliphatic carbocycles. The van der Waals surface area contributed by atoms with Crippen molar-refractivity contribution in [1.29, 1.82) is 0 Å². The minimum absolute atomic E-state index is 1.08. The number of hydrogen-bond donors (Lipinski definition) is 1. The Hall–Kier alpha value is -1.29. The summed E-state index contributed by atoms with van der Waals surface area (Å²) in [5, 5.41) is 3.13. The van der Waals surface area contributed by atoms with Crippen LogP contribution in [0.4, 0.5) is 11.4 Å². The normalized spacial score (nSPS) is 18.2. The lowest BCUT2D eigenvalue weighted by Gasteiger charge is -2.22. The van der Waals surface area contributed by atoms with Crippen LogP contribution in [0, 0.1) is 0 Å². The molecule has 4 nitrogen and oxygen atoms in total. The highest BCUT2D eigenvalue weighted by Crippen LogP contribution is 2.18. The van der Waals surface area contributed by atoms with Crippen LogP contribution >= 0.6 is 0 Å². The molecule has 1 aromatic heterocycles. The lowest BCUT2D eigenvalue weighted by atomic mass is 10.3. The molecule has 0 unspecified atom stereocenters. The van der Waals surface area contributed by atoms with Gasteiger partial charge in [-0.1, -0.05) is 0 Å². The maximum absolute atomic E-state index is 4.26. The number of nitrogens with zero attached hydrogens (tertiary/aromatic N) is 3. The number of rotatable bonds is 2. The van der Waals surface area contributed by atoms with Gasteiger partial charge in [-0.3, -0.25) is 4.98 Å². The first-order valence-electron chi connectivity index (χ1n) is 5.86. The molecule has 1 aliphatic heterocycles. The van der Waals surface area contributed by atoms with Gasteiger partial charge >= 0.3 is 0 Å². The van der Waals surface area contributed by atoms with E-state index >= 15 is 0 Å². The molecule has 1 fully saturated rings. The largest absolute Gasteiger partial charge is 0.387 e. The molecular weight excluding hydrogens is 200 g/mol. The Morgan fingerprint density at radius 1 is 1.19 bits per heavy atom. The predicted molar refractivity (Wildman–Crippen MR) is 68.1 cm³/mol. The second-order valence-corrected chi connectivity index (χ2v) is 4.33. The molecular formula is C12H20N4. The summed E-state index contributed by atoms with van der Waals surface area (Å²) < 4.78 is 0. The van der Waals surface area contributed by atoms with Crippen molar-refractivity contribution >= 4 is 11.4 Å². The van der Waals surface area contributed by atoms with Crippen molar-refractivity contribution < 1.29 is 0 Å². The number of likely N-dealkylation sites (N-methyl/N-ethyl adjacent to an activating group) is 1. The molecule has 0 amide bonds. The standard InChI is InChI=1S/C12H20N4/c1-13-11-8-12(10-14-9-11)16-5-3-4-15(2)6-7-16/h8-10,13H,3-7H2,1-2H3. The molecule has 16 heavy (non-hydrogen) atoms. The van der Waals surface area contributed by atoms with Gasteiger partial charge in [-0.05, 0) is 26.1 Å². The minimum Gasteiger partial charge on any atom is -0.387 e. The Labute approximate surface area is 97.3 Å². The molecule has 4 heteroatoms. The van der Waals surface area contributed by atoms with Gasteiger partial charge in [0.05, 0.1) is 23.8 Å². The summed E-state index contributed by atoms with van der Waals surface area (Å²) in [6.45, 7) is 4.53. The molecule has 2 rings (SSSR count). The van der Waals surface area contributed by atoms with E-state index in [2.05, 4.69) is 33.2 Å². The van der Waals surface area contributed by atoms with E-state index in [0.29, 0.717) is 0 Å². The summed E-state index contributed by atoms with van der Waals surface area (Å²) in [5.41, 5.74) is 2.30. The smallest absolute Gasteiger partial charge is 0.0573 e. The average Bonchev–Trinajstić information content (AvgIpc) is 2.54. The Kier molecular flexibility index (Phi) is 3.62. The lowest BCUT2D eigenvalue weighted by Crippen LogP contribution is -2.28. The Balaban J connectivity index is 2.10. The molecule has 2 heterocycles. The van der Waals surface area contributed by atoms with Crippen LogP contribution in [-0.4, -0.2) is 50.2 Å². The van der Waals surface area contributed by atoms with Gasteiger partial charge in [-0.15, -0.1) is 0 Å². The van der Waals surface area contributed by atoms with Crippen molar-refractivity contribution in [3.8, 4) is 0 Å². The van der Waals surface area contributed by atoms with E-state index in [9.17, 15) is 0 Å². The first-order chi connectivity index (χ1) is 7.79. The first-order valence-corrected chi connectivity index (χ1v) is 5.86. The highest BCUT2D eigenvalue weighted by Gasteiger charge is 2.12. The van der Waals surface area contributed by atoms with Crippen molar-refractivity contribution in [2.45, 2.75) is 6.42 Å². The third kappa shape index (κ3) is 2.64. The van der Waals surface area contributed by atoms with Gasteiger partial charge in [-0.2, -0.15) is 0 Å². The molecule has 0 atom stereocenters. The monoisotopic (exact) mass is 220 g/mol. The van der Waals surface area contributed by atoms with E-state index < -0.39 is 0 Å². The number of pyridine rings is 1. The molecule has 88 valence electrons. The highest BCUT2D eigenvalue weighted by atomic mass is 15.2. The van der Waals surface area contributed by atoms with Crippen LogP contribution in [0.25, 0.3) is 0 Å². The minimum atomic E-state index is 1.08. The summed E-state index contributed by atoms with van der Waals surface area (Å²) in [7, 11) is 4.11. The van der Waals surface area contributed by atoms with E-state index in [0.717, 1.165) is 25.3 Å². The van der Waals surface area contributed by atoms with E-state index in [4.69, 9.17) is 0 Å². The van der Waals surface area contributed by atoms with Crippen LogP contribution in [-0.2, 0) is 0 Å². The summed E-state index contributed by atoms with van der Waals surface area (Å²) in [6.07, 6.45) is 5.03. The fraction of sp³-hybridized carbons (Fsp3) is 0.583. The Bertz CT molecular complexity index is 340. The maximum atomic E-state index is 4.26. The van der Waals surface area contributed by atoms with Crippen LogP contribution in [0.2, 0.25) is 0 Å². The molecule has 0 radical (unpaired) electrons. The average molecular weight is 220 g/mol. The van der Waals surface area contributed by atoms with Crippen molar-refractivity contribution in [2.24, 2.45) is 0 Å². The third-order valence-corrected chi connectivity index (χ3v) is 3.10. The van der Waals surface area contributed by atoms with E-state index in [1.807, 2.05) is 19.4 Å². The van der Waals surface area contributed by atoms with Crippen LogP contribution in [0.3, 0.4) is 0 Å². The molecule has 1 aromatic rings. The molecule has 0 spiro atoms. The number of hydrogen-bond acceptors (Lipinski definition) is 4. The van der Waals surface area contributed by atoms with Crippen molar-refractivity contribution in [1.82, 2.24) is 9.88 Å². The molecule has 0 aromatic carbocycles. The lowest BCUT2D eigenvalue weighted by molar-refractivity contribution is 0.360. The number of nitrogens with one attached hydrogen (secondary N) is 1. The van der Waals surface area contributed by atoms with Crippen molar-refractivity contribution in [3.05, 3.63) is 18.5 Å². The Morgan fingerprint density at radius 2 is 2.06 bits per heavy atom. The first kappa shape index (κ1) is 11.2. The molecule has 0 saturated carbocycles. The predicted octanol–water partition coefficient (Wildman–Crippen LogP) is 1.27. The summed E-state index contributed by atoms with van der Waals surface area (Å²) in [6, 6.07) is 2.16. The molecule has 1 aliphatic rings. The van der Waals surface area contributed by atoms with E-state index in [1.54, 1.807) is 0 Å². The third-order valence-electron chi connectivity index (χ3n) is 3.10. The van der Waals surface area contributed by atoms with Crippen LogP contribution < -0.4 is 10.2 Å². The van der Waals surface area contributed by atoms with Gasteiger partial charge in [0.15, 0.2) is 0 Å². The topological polar surface area (TPSA) is 31.4 Å². The number of aromatic nitrogens is 1. The second-order valence-electron chi connectivity index (χ2n) is 4.33. The van der Waals surface area contributed by atoms with Gasteiger partial charge in [0.1, 0.15) is 0 Å². The van der Waals surface area contributed by atoms with Crippen LogP contribution in [0.15, 0.2) is 18.5 Å². The second kappa shape index (κ2) is 5.16. The summed E-state index contributed by atoms with van der Waals surface area (Å²) >= 11 is 0. The van der Waals surface area contributed by atoms with Crippen molar-refractivity contribution in [3.63, 3.8) is 0 Å². The van der Waals surface area contributed by atoms with E-state index in [1.165, 1.54) is 18.7 Å². The quantitative estimate of drug-likeness (QED) is 0.813. The molecule has 1 N–H and O–H groups in total. The van der Waals surface area contributed by atoms with Gasteiger partial charge in [0, 0.05) is 26.7 Å². The highest BCUT2D eigenvalue weighted by molar-refractivity contribution is 5.55.